The van der Waals surface area contributed by atoms with Crippen LogP contribution in [0.1, 0.15) is 18.4 Å². The maximum atomic E-state index is 11.5. The van der Waals surface area contributed by atoms with Gasteiger partial charge in [-0.3, -0.25) is 0 Å². The minimum Gasteiger partial charge on any atom is -0.382 e. The maximum absolute atomic E-state index is 11.5. The fourth-order valence-corrected chi connectivity index (χ4v) is 2.08. The Labute approximate surface area is 98.6 Å². The zero-order valence-electron chi connectivity index (χ0n) is 9.14. The third kappa shape index (κ3) is 2.45. The molecule has 1 fully saturated rings. The Bertz CT molecular complexity index is 601. The number of nitrogens with two attached hydrogens (primary N) is 1. The molecule has 3 N–H and O–H groups in total. The summed E-state index contributed by atoms with van der Waals surface area (Å²) in [4.78, 5) is 7.71. The molecule has 7 nitrogen and oxygen atoms in total. The molecule has 0 aromatic carbocycles. The van der Waals surface area contributed by atoms with Gasteiger partial charge >= 0.3 is 0 Å². The highest BCUT2D eigenvalue weighted by Gasteiger charge is 2.25. The Balaban J connectivity index is 2.53. The minimum absolute atomic E-state index is 0.119. The Kier molecular flexibility index (Phi) is 2.63. The second kappa shape index (κ2) is 3.85. The van der Waals surface area contributed by atoms with Crippen LogP contribution in [-0.2, 0) is 9.84 Å². The molecule has 90 valence electrons. The number of hydrogen-bond acceptors (Lipinski definition) is 7. The first kappa shape index (κ1) is 11.6. The monoisotopic (exact) mass is 253 g/mol. The molecular weight excluding hydrogens is 242 g/mol. The van der Waals surface area contributed by atoms with E-state index >= 15 is 0 Å². The molecule has 1 aromatic rings. The lowest BCUT2D eigenvalue weighted by atomic mass is 10.3. The van der Waals surface area contributed by atoms with Crippen LogP contribution in [0, 0.1) is 11.3 Å². The third-order valence-corrected chi connectivity index (χ3v) is 3.28. The molecule has 1 aliphatic rings. The standard InChI is InChI=1S/C9H11N5O2S/c1-17(15,16)8-6(4-10)7(11)13-9(14-8)12-5-2-3-5/h5H,2-3H2,1H3,(H3,11,12,13,14). The smallest absolute Gasteiger partial charge is 0.226 e. The summed E-state index contributed by atoms with van der Waals surface area (Å²) in [6.45, 7) is 0. The molecule has 0 bridgehead atoms. The molecule has 0 unspecified atom stereocenters. The second-order valence-electron chi connectivity index (χ2n) is 3.92. The fourth-order valence-electron chi connectivity index (χ4n) is 1.30. The van der Waals surface area contributed by atoms with Crippen molar-refractivity contribution in [3.63, 3.8) is 0 Å². The van der Waals surface area contributed by atoms with E-state index in [4.69, 9.17) is 11.0 Å². The summed E-state index contributed by atoms with van der Waals surface area (Å²) < 4.78 is 23.0. The predicted octanol–water partition coefficient (Wildman–Crippen LogP) is -0.0917. The summed E-state index contributed by atoms with van der Waals surface area (Å²) in [6, 6.07) is 1.98. The quantitative estimate of drug-likeness (QED) is 0.721. The van der Waals surface area contributed by atoms with E-state index in [0.717, 1.165) is 19.1 Å². The number of nitrogens with zero attached hydrogens (tertiary/aromatic N) is 3. The van der Waals surface area contributed by atoms with Crippen molar-refractivity contribution in [3.05, 3.63) is 5.56 Å². The Morgan fingerprint density at radius 2 is 2.12 bits per heavy atom. The van der Waals surface area contributed by atoms with Crippen LogP contribution in [0.3, 0.4) is 0 Å². The Morgan fingerprint density at radius 1 is 1.47 bits per heavy atom. The van der Waals surface area contributed by atoms with E-state index in [1.807, 2.05) is 0 Å². The lowest BCUT2D eigenvalue weighted by molar-refractivity contribution is 0.597. The van der Waals surface area contributed by atoms with Gasteiger partial charge < -0.3 is 11.1 Å². The van der Waals surface area contributed by atoms with Gasteiger partial charge in [0, 0.05) is 12.3 Å². The van der Waals surface area contributed by atoms with E-state index in [-0.39, 0.29) is 28.4 Å². The largest absolute Gasteiger partial charge is 0.382 e. The summed E-state index contributed by atoms with van der Waals surface area (Å²) in [7, 11) is -3.60. The van der Waals surface area contributed by atoms with Gasteiger partial charge in [-0.1, -0.05) is 0 Å². The van der Waals surface area contributed by atoms with Gasteiger partial charge in [0.2, 0.25) is 5.95 Å². The van der Waals surface area contributed by atoms with Crippen molar-refractivity contribution in [3.8, 4) is 6.07 Å². The minimum atomic E-state index is -3.60. The molecular formula is C9H11N5O2S. The summed E-state index contributed by atoms with van der Waals surface area (Å²) in [6.07, 6.45) is 2.98. The van der Waals surface area contributed by atoms with Gasteiger partial charge in [-0.15, -0.1) is 0 Å². The topological polar surface area (TPSA) is 122 Å². The molecule has 0 spiro atoms. The van der Waals surface area contributed by atoms with Crippen molar-refractivity contribution in [1.82, 2.24) is 9.97 Å². The zero-order valence-corrected chi connectivity index (χ0v) is 9.95. The van der Waals surface area contributed by atoms with E-state index in [0.29, 0.717) is 0 Å². The van der Waals surface area contributed by atoms with Gasteiger partial charge in [-0.05, 0) is 12.8 Å². The number of aromatic nitrogens is 2. The van der Waals surface area contributed by atoms with Crippen LogP contribution >= 0.6 is 0 Å². The number of sulfone groups is 1. The van der Waals surface area contributed by atoms with Gasteiger partial charge in [0.05, 0.1) is 0 Å². The summed E-state index contributed by atoms with van der Waals surface area (Å²) in [5, 5.41) is 11.5. The van der Waals surface area contributed by atoms with Crippen molar-refractivity contribution < 1.29 is 8.42 Å². The van der Waals surface area contributed by atoms with Crippen LogP contribution in [0.25, 0.3) is 0 Å². The summed E-state index contributed by atoms with van der Waals surface area (Å²) >= 11 is 0. The number of anilines is 2. The van der Waals surface area contributed by atoms with E-state index in [9.17, 15) is 8.42 Å². The third-order valence-electron chi connectivity index (χ3n) is 2.28. The lowest BCUT2D eigenvalue weighted by Crippen LogP contribution is -2.13. The normalized spacial score (nSPS) is 15.3. The van der Waals surface area contributed by atoms with Gasteiger partial charge in [-0.25, -0.2) is 8.42 Å². The van der Waals surface area contributed by atoms with Gasteiger partial charge in [0.15, 0.2) is 14.9 Å². The number of hydrogen-bond donors (Lipinski definition) is 2. The number of nitrogen functional groups attached to an aromatic ring is 1. The molecule has 1 heterocycles. The van der Waals surface area contributed by atoms with Crippen LogP contribution < -0.4 is 11.1 Å². The fraction of sp³-hybridized carbons (Fsp3) is 0.444. The highest BCUT2D eigenvalue weighted by atomic mass is 32.2. The van der Waals surface area contributed by atoms with Crippen LogP contribution in [0.4, 0.5) is 11.8 Å². The SMILES string of the molecule is CS(=O)(=O)c1nc(NC2CC2)nc(N)c1C#N. The molecule has 0 saturated heterocycles. The first-order valence-corrected chi connectivity index (χ1v) is 6.85. The highest BCUT2D eigenvalue weighted by Crippen LogP contribution is 2.25. The van der Waals surface area contributed by atoms with Crippen molar-refractivity contribution in [2.24, 2.45) is 0 Å². The van der Waals surface area contributed by atoms with Gasteiger partial charge in [0.25, 0.3) is 0 Å². The average Bonchev–Trinajstić information content (AvgIpc) is 2.99. The molecule has 17 heavy (non-hydrogen) atoms. The number of rotatable bonds is 3. The van der Waals surface area contributed by atoms with Gasteiger partial charge in [0.1, 0.15) is 17.5 Å². The number of nitriles is 1. The summed E-state index contributed by atoms with van der Waals surface area (Å²) in [5.74, 6) is 0.0375. The Morgan fingerprint density at radius 3 is 2.59 bits per heavy atom. The van der Waals surface area contributed by atoms with Crippen LogP contribution in [-0.4, -0.2) is 30.7 Å². The van der Waals surface area contributed by atoms with Crippen LogP contribution in [0.15, 0.2) is 5.03 Å². The molecule has 1 aromatic heterocycles. The van der Waals surface area contributed by atoms with E-state index in [2.05, 4.69) is 15.3 Å². The summed E-state index contributed by atoms with van der Waals surface area (Å²) in [5.41, 5.74) is 5.35. The van der Waals surface area contributed by atoms with Crippen molar-refractivity contribution in [2.75, 3.05) is 17.3 Å². The predicted molar refractivity (Wildman–Crippen MR) is 60.9 cm³/mol. The van der Waals surface area contributed by atoms with E-state index in [1.165, 1.54) is 0 Å². The molecule has 0 radical (unpaired) electrons. The lowest BCUT2D eigenvalue weighted by Gasteiger charge is -2.07. The molecule has 0 aliphatic heterocycles. The molecule has 0 amide bonds. The second-order valence-corrected chi connectivity index (χ2v) is 5.85. The Hall–Kier alpha value is -1.88. The van der Waals surface area contributed by atoms with Crippen molar-refractivity contribution >= 4 is 21.6 Å². The van der Waals surface area contributed by atoms with Crippen molar-refractivity contribution in [2.45, 2.75) is 23.9 Å². The first-order chi connectivity index (χ1) is 7.91. The molecule has 1 aliphatic carbocycles. The van der Waals surface area contributed by atoms with Crippen LogP contribution in [0.5, 0.6) is 0 Å². The molecule has 1 saturated carbocycles. The first-order valence-electron chi connectivity index (χ1n) is 4.96. The molecule has 0 atom stereocenters. The van der Waals surface area contributed by atoms with E-state index < -0.39 is 9.84 Å². The van der Waals surface area contributed by atoms with Gasteiger partial charge in [-0.2, -0.15) is 15.2 Å². The molecule has 2 rings (SSSR count). The number of nitrogens with one attached hydrogen (secondary N) is 1. The molecule has 8 heteroatoms. The maximum Gasteiger partial charge on any atom is 0.226 e. The average molecular weight is 253 g/mol. The zero-order chi connectivity index (χ0) is 12.6. The van der Waals surface area contributed by atoms with E-state index in [1.54, 1.807) is 6.07 Å². The van der Waals surface area contributed by atoms with Crippen molar-refractivity contribution in [1.29, 1.82) is 5.26 Å². The highest BCUT2D eigenvalue weighted by molar-refractivity contribution is 7.90. The van der Waals surface area contributed by atoms with Crippen LogP contribution in [0.2, 0.25) is 0 Å².